The van der Waals surface area contributed by atoms with Gasteiger partial charge in [-0.2, -0.15) is 0 Å². The van der Waals surface area contributed by atoms with Gasteiger partial charge in [0.25, 0.3) is 0 Å². The number of fused-ring (bicyclic) bond motifs is 7. The fourth-order valence-electron chi connectivity index (χ4n) is 13.6. The number of carbonyl (C=O) groups excluding carboxylic acids is 9. The number of ether oxygens (including phenoxy) is 10. The molecule has 4 aliphatic heterocycles. The predicted octanol–water partition coefficient (Wildman–Crippen LogP) is 2.45. The van der Waals surface area contributed by atoms with E-state index in [9.17, 15) is 167 Å². The van der Waals surface area contributed by atoms with Gasteiger partial charge >= 0.3 is 53.7 Å². The largest absolute Gasteiger partial charge is 0.504 e. The number of esters is 9. The summed E-state index contributed by atoms with van der Waals surface area (Å²) >= 11 is 0. The number of phenolic OH excluding ortho intramolecular Hbond substituents is 27. The Morgan fingerprint density at radius 2 is 0.631 bits per heavy atom. The van der Waals surface area contributed by atoms with Gasteiger partial charge in [0.2, 0.25) is 41.1 Å². The van der Waals surface area contributed by atoms with Crippen LogP contribution in [0.2, 0.25) is 0 Å². The molecule has 1 saturated heterocycles. The van der Waals surface area contributed by atoms with E-state index >= 15 is 19.2 Å². The second-order valence-corrected chi connectivity index (χ2v) is 26.7. The average molecular weight is 1710 g/mol. The van der Waals surface area contributed by atoms with Gasteiger partial charge in [0.15, 0.2) is 157 Å². The molecule has 4 heterocycles. The zero-order chi connectivity index (χ0) is 89.2. The van der Waals surface area contributed by atoms with Crippen LogP contribution in [0.25, 0.3) is 22.3 Å². The highest BCUT2D eigenvalue weighted by molar-refractivity contribution is 6.12. The lowest BCUT2D eigenvalue weighted by atomic mass is 9.73. The summed E-state index contributed by atoms with van der Waals surface area (Å²) in [5.74, 6) is -62.4. The zero-order valence-corrected chi connectivity index (χ0v) is 59.9. The number of phenols is 27. The predicted molar refractivity (Wildman–Crippen MR) is 379 cm³/mol. The lowest BCUT2D eigenvalue weighted by Crippen LogP contribution is -2.63. The second kappa shape index (κ2) is 30.4. The Labute approximate surface area is 670 Å². The van der Waals surface area contributed by atoms with Crippen molar-refractivity contribution in [2.24, 2.45) is 0 Å². The van der Waals surface area contributed by atoms with Crippen molar-refractivity contribution in [2.45, 2.75) is 61.0 Å². The molecule has 122 heavy (non-hydrogen) atoms. The smallest absolute Gasteiger partial charge is 0.340 e. The molecule has 47 nitrogen and oxygen atoms in total. The van der Waals surface area contributed by atoms with Crippen LogP contribution in [0.15, 0.2) is 72.8 Å². The van der Waals surface area contributed by atoms with Crippen LogP contribution in [0.5, 0.6) is 155 Å². The lowest BCUT2D eigenvalue weighted by Gasteiger charge is -2.44. The van der Waals surface area contributed by atoms with Gasteiger partial charge in [-0.25, -0.2) is 43.2 Å². The van der Waals surface area contributed by atoms with Crippen LogP contribution >= 0.6 is 0 Å². The first-order valence-corrected chi connectivity index (χ1v) is 33.9. The quantitative estimate of drug-likeness (QED) is 0.0448. The van der Waals surface area contributed by atoms with Crippen LogP contribution in [0.3, 0.4) is 0 Å². The number of hydrogen-bond donors (Lipinski definition) is 28. The Bertz CT molecular complexity index is 5990. The number of aromatic hydroxyl groups is 27. The van der Waals surface area contributed by atoms with E-state index in [1.54, 1.807) is 0 Å². The number of rotatable bonds is 13. The van der Waals surface area contributed by atoms with Gasteiger partial charge in [0, 0.05) is 33.4 Å². The van der Waals surface area contributed by atoms with Crippen molar-refractivity contribution in [1.82, 2.24) is 0 Å². The van der Waals surface area contributed by atoms with E-state index in [0.29, 0.717) is 54.6 Å². The molecule has 0 amide bonds. The molecule has 1 fully saturated rings. The van der Waals surface area contributed by atoms with Gasteiger partial charge in [-0.3, -0.25) is 0 Å². The van der Waals surface area contributed by atoms with Crippen LogP contribution in [-0.2, 0) is 47.4 Å². The Morgan fingerprint density at radius 3 is 1.06 bits per heavy atom. The van der Waals surface area contributed by atoms with Crippen LogP contribution < -0.4 is 0 Å². The van der Waals surface area contributed by atoms with E-state index in [4.69, 9.17) is 47.4 Å². The van der Waals surface area contributed by atoms with Gasteiger partial charge in [-0.15, -0.1) is 0 Å². The van der Waals surface area contributed by atoms with E-state index < -0.39 is 367 Å². The topological polar surface area (TPSA) is 812 Å². The molecule has 9 aromatic rings. The third-order valence-electron chi connectivity index (χ3n) is 19.3. The number of aliphatic hydroxyl groups excluding tert-OH is 1. The molecule has 10 atom stereocenters. The molecule has 2 bridgehead atoms. The number of benzene rings is 9. The first-order valence-electron chi connectivity index (χ1n) is 33.9. The van der Waals surface area contributed by atoms with E-state index in [1.807, 2.05) is 0 Å². The molecule has 0 radical (unpaired) electrons. The Balaban J connectivity index is 1.02. The molecule has 4 aliphatic rings. The molecule has 9 aromatic carbocycles. The molecule has 0 aliphatic carbocycles. The van der Waals surface area contributed by atoms with Gasteiger partial charge in [0.1, 0.15) is 25.4 Å². The van der Waals surface area contributed by atoms with Crippen molar-refractivity contribution < 1.29 is 234 Å². The summed E-state index contributed by atoms with van der Waals surface area (Å²) in [7, 11) is 0. The van der Waals surface area contributed by atoms with Crippen molar-refractivity contribution >= 4 is 53.7 Å². The number of hydrogen-bond acceptors (Lipinski definition) is 47. The van der Waals surface area contributed by atoms with Crippen molar-refractivity contribution in [1.29, 1.82) is 0 Å². The molecule has 0 spiro atoms. The summed E-state index contributed by atoms with van der Waals surface area (Å²) in [4.78, 5) is 134. The van der Waals surface area contributed by atoms with Crippen molar-refractivity contribution in [3.05, 3.63) is 134 Å². The number of aliphatic hydroxyl groups is 1. The van der Waals surface area contributed by atoms with Gasteiger partial charge in [0.05, 0.1) is 56.0 Å². The van der Waals surface area contributed by atoms with Crippen LogP contribution in [0.4, 0.5) is 0 Å². The fourth-order valence-corrected chi connectivity index (χ4v) is 13.6. The minimum absolute atomic E-state index is 0.0831. The third-order valence-corrected chi connectivity index (χ3v) is 19.3. The Hall–Kier alpha value is -17.3. The maximum absolute atomic E-state index is 15.8. The molecule has 47 heteroatoms. The first-order chi connectivity index (χ1) is 57.3. The van der Waals surface area contributed by atoms with Gasteiger partial charge in [-0.1, -0.05) is 0 Å². The number of carbonyl (C=O) groups is 9. The molecule has 0 aromatic heterocycles. The second-order valence-electron chi connectivity index (χ2n) is 26.7. The zero-order valence-electron chi connectivity index (χ0n) is 59.9. The SMILES string of the molecule is O=C(OC1OC(COC(=O)c2cc(O)c(O)c(O)c2C2c3c(O)c(O)c(O)c4c3C(=O)OC2C(C2OC(=O)c3cc(O)c(O)c(O)c3-c3c(cc(O)c(O)c3O)C(=O)OCC2O)OC(=O)c2cc(O)c(O)c(O)c2-4)C(OC(=O)c2cc(O)c(O)c(O)c2)C(OC(=O)c2cc(O)c(O)c(O)c2)C1OC(=O)c1cc(O)c(O)c(O)c1)c1cc(O)c(O)c(O)c1. The summed E-state index contributed by atoms with van der Waals surface area (Å²) in [6.45, 7) is -3.62. The highest BCUT2D eigenvalue weighted by atomic mass is 16.8. The molecule has 636 valence electrons. The molecular weight excluding hydrogens is 1650 g/mol. The van der Waals surface area contributed by atoms with E-state index in [2.05, 4.69) is 0 Å². The molecule has 13 rings (SSSR count). The fraction of sp³-hybridized carbons (Fsp3) is 0.160. The monoisotopic (exact) mass is 1710 g/mol. The summed E-state index contributed by atoms with van der Waals surface area (Å²) in [6, 6.07) is 3.84. The van der Waals surface area contributed by atoms with Crippen LogP contribution in [-0.4, -0.2) is 265 Å². The van der Waals surface area contributed by atoms with Crippen molar-refractivity contribution in [3.8, 4) is 177 Å². The summed E-state index contributed by atoms with van der Waals surface area (Å²) < 4.78 is 57.1. The van der Waals surface area contributed by atoms with Crippen LogP contribution in [0.1, 0.15) is 110 Å². The maximum Gasteiger partial charge on any atom is 0.340 e. The van der Waals surface area contributed by atoms with Crippen LogP contribution in [0, 0.1) is 0 Å². The minimum Gasteiger partial charge on any atom is -0.504 e. The highest BCUT2D eigenvalue weighted by Gasteiger charge is 2.58. The summed E-state index contributed by atoms with van der Waals surface area (Å²) in [5.41, 5.74) is -20.0. The lowest BCUT2D eigenvalue weighted by molar-refractivity contribution is -0.282. The maximum atomic E-state index is 15.8. The minimum atomic E-state index is -3.25. The van der Waals surface area contributed by atoms with E-state index in [0.717, 1.165) is 0 Å². The number of cyclic esters (lactones) is 3. The molecular formula is C75H54O47. The summed E-state index contributed by atoms with van der Waals surface area (Å²) in [6.07, 6.45) is -27.2. The van der Waals surface area contributed by atoms with Gasteiger partial charge < -0.3 is 190 Å². The highest BCUT2D eigenvalue weighted by Crippen LogP contribution is 2.62. The van der Waals surface area contributed by atoms with E-state index in [1.165, 1.54) is 0 Å². The average Bonchev–Trinajstić information content (AvgIpc) is 0.705. The third kappa shape index (κ3) is 13.9. The first kappa shape index (κ1) is 82.7. The normalized spacial score (nSPS) is 19.7. The molecule has 28 N–H and O–H groups in total. The molecule has 0 saturated carbocycles. The standard InChI is InChI=1S/C75H54O47/c76-23-1-15(2-24(77)45(23)89)66(104)117-61-36(115-75(122-69(107)18-7-29(82)48(92)30(83)8-18)65(121-68(106)17-5-27(80)47(91)28(81)6-17)64(61)119-67(105)16-3-25(78)46(90)26(79)4-16)14-114-71(109)20-10-32(85)52(96)56(100)40(20)43-42-44-41(57(101)59(103)58(42)102)39-22(12-34(87)51(95)55(39)99)73(111)120-63(62(43)118-74(44)112)60-35(88)13-113-70(108)19-9-31(84)49(93)53(97)37(19)38-21(72(110)116-60)11-33(86)50(94)54(38)98/h1-12,35-36,43,60-65,75-103H,13-14H2. The van der Waals surface area contributed by atoms with Gasteiger partial charge in [-0.05, 0) is 72.8 Å². The van der Waals surface area contributed by atoms with Crippen molar-refractivity contribution in [3.63, 3.8) is 0 Å². The molecule has 10 unspecified atom stereocenters. The van der Waals surface area contributed by atoms with Crippen molar-refractivity contribution in [2.75, 3.05) is 13.2 Å². The Kier molecular flexibility index (Phi) is 20.6. The summed E-state index contributed by atoms with van der Waals surface area (Å²) in [5, 5.41) is 310. The Morgan fingerprint density at radius 1 is 0.303 bits per heavy atom. The van der Waals surface area contributed by atoms with E-state index in [-0.39, 0.29) is 18.2 Å².